The molecule has 1 unspecified atom stereocenters. The number of nitrogens with zero attached hydrogens (tertiary/aromatic N) is 1. The van der Waals surface area contributed by atoms with Crippen molar-refractivity contribution in [1.29, 1.82) is 0 Å². The van der Waals surface area contributed by atoms with Gasteiger partial charge in [0.1, 0.15) is 11.9 Å². The zero-order chi connectivity index (χ0) is 11.9. The van der Waals surface area contributed by atoms with Crippen molar-refractivity contribution < 1.29 is 4.79 Å². The molecule has 0 aromatic heterocycles. The van der Waals surface area contributed by atoms with Crippen LogP contribution in [0.3, 0.4) is 0 Å². The van der Waals surface area contributed by atoms with E-state index in [9.17, 15) is 4.79 Å². The Hall–Kier alpha value is -1.84. The van der Waals surface area contributed by atoms with Crippen molar-refractivity contribution in [1.82, 2.24) is 5.32 Å². The van der Waals surface area contributed by atoms with Crippen molar-refractivity contribution in [2.75, 3.05) is 0 Å². The van der Waals surface area contributed by atoms with Gasteiger partial charge in [-0.05, 0) is 43.0 Å². The van der Waals surface area contributed by atoms with Gasteiger partial charge in [-0.2, -0.15) is 4.99 Å². The van der Waals surface area contributed by atoms with Gasteiger partial charge in [-0.3, -0.25) is 0 Å². The zero-order valence-corrected chi connectivity index (χ0v) is 9.66. The van der Waals surface area contributed by atoms with Crippen LogP contribution in [0.2, 0.25) is 0 Å². The molecule has 0 saturated heterocycles. The van der Waals surface area contributed by atoms with E-state index in [1.54, 1.807) is 0 Å². The van der Waals surface area contributed by atoms with E-state index in [4.69, 9.17) is 5.73 Å². The Bertz CT molecular complexity index is 491. The molecular weight excluding hydrogens is 202 g/mol. The van der Waals surface area contributed by atoms with Crippen molar-refractivity contribution in [2.24, 2.45) is 10.7 Å². The van der Waals surface area contributed by atoms with Gasteiger partial charge in [-0.1, -0.05) is 12.1 Å². The van der Waals surface area contributed by atoms with Crippen LogP contribution < -0.4 is 11.1 Å². The molecule has 0 bridgehead atoms. The molecule has 1 aromatic rings. The molecule has 4 heteroatoms. The number of rotatable bonds is 1. The number of urea groups is 1. The molecule has 2 amide bonds. The maximum absolute atomic E-state index is 11.1. The average molecular weight is 217 g/mol. The average Bonchev–Trinajstić information content (AvgIpc) is 2.51. The minimum atomic E-state index is -0.361. The second kappa shape index (κ2) is 3.63. The number of carbonyl (C=O) groups excluding carboxylic acids is 1. The van der Waals surface area contributed by atoms with Crippen LogP contribution in [0.5, 0.6) is 0 Å². The zero-order valence-electron chi connectivity index (χ0n) is 9.66. The molecule has 0 fully saturated rings. The summed E-state index contributed by atoms with van der Waals surface area (Å²) in [6.45, 7) is 6.12. The van der Waals surface area contributed by atoms with Gasteiger partial charge >= 0.3 is 6.03 Å². The SMILES string of the molecule is Cc1cc(C)c(C2NC(=O)N=C2N)cc1C. The highest BCUT2D eigenvalue weighted by atomic mass is 16.2. The van der Waals surface area contributed by atoms with E-state index in [2.05, 4.69) is 29.4 Å². The van der Waals surface area contributed by atoms with Gasteiger partial charge in [0.15, 0.2) is 0 Å². The first-order chi connectivity index (χ1) is 7.49. The minimum Gasteiger partial charge on any atom is -0.385 e. The normalized spacial score (nSPS) is 19.6. The summed E-state index contributed by atoms with van der Waals surface area (Å²) in [5, 5.41) is 2.74. The Morgan fingerprint density at radius 1 is 1.19 bits per heavy atom. The first-order valence-corrected chi connectivity index (χ1v) is 5.21. The van der Waals surface area contributed by atoms with Gasteiger partial charge in [0.05, 0.1) is 0 Å². The Labute approximate surface area is 94.6 Å². The van der Waals surface area contributed by atoms with E-state index in [0.29, 0.717) is 5.84 Å². The lowest BCUT2D eigenvalue weighted by Crippen LogP contribution is -2.28. The Morgan fingerprint density at radius 3 is 2.38 bits per heavy atom. The van der Waals surface area contributed by atoms with E-state index in [-0.39, 0.29) is 12.1 Å². The first kappa shape index (κ1) is 10.7. The third-order valence-corrected chi connectivity index (χ3v) is 2.99. The second-order valence-electron chi connectivity index (χ2n) is 4.21. The summed E-state index contributed by atoms with van der Waals surface area (Å²) in [6.07, 6.45) is 0. The molecule has 0 saturated carbocycles. The summed E-state index contributed by atoms with van der Waals surface area (Å²) in [4.78, 5) is 14.8. The van der Waals surface area contributed by atoms with Crippen molar-refractivity contribution in [3.05, 3.63) is 34.4 Å². The lowest BCUT2D eigenvalue weighted by molar-refractivity contribution is 0.250. The molecule has 3 N–H and O–H groups in total. The fourth-order valence-corrected chi connectivity index (χ4v) is 1.94. The molecular formula is C12H15N3O. The number of amidine groups is 1. The van der Waals surface area contributed by atoms with Crippen molar-refractivity contribution >= 4 is 11.9 Å². The fourth-order valence-electron chi connectivity index (χ4n) is 1.94. The molecule has 0 aliphatic carbocycles. The topological polar surface area (TPSA) is 67.5 Å². The van der Waals surface area contributed by atoms with Gasteiger partial charge in [0.2, 0.25) is 0 Å². The highest BCUT2D eigenvalue weighted by Gasteiger charge is 2.26. The lowest BCUT2D eigenvalue weighted by atomic mass is 9.95. The number of carbonyl (C=O) groups is 1. The van der Waals surface area contributed by atoms with Crippen LogP contribution in [0.25, 0.3) is 0 Å². The van der Waals surface area contributed by atoms with Crippen LogP contribution in [0.15, 0.2) is 17.1 Å². The van der Waals surface area contributed by atoms with Crippen molar-refractivity contribution in [3.63, 3.8) is 0 Å². The molecule has 0 spiro atoms. The number of hydrogen-bond acceptors (Lipinski definition) is 2. The third kappa shape index (κ3) is 1.66. The largest absolute Gasteiger partial charge is 0.385 e. The van der Waals surface area contributed by atoms with Gasteiger partial charge in [0.25, 0.3) is 0 Å². The van der Waals surface area contributed by atoms with Crippen LogP contribution in [0, 0.1) is 20.8 Å². The summed E-state index contributed by atoms with van der Waals surface area (Å²) >= 11 is 0. The molecule has 1 aliphatic rings. The quantitative estimate of drug-likeness (QED) is 0.752. The van der Waals surface area contributed by atoms with Crippen LogP contribution in [0.4, 0.5) is 4.79 Å². The summed E-state index contributed by atoms with van der Waals surface area (Å²) < 4.78 is 0. The van der Waals surface area contributed by atoms with E-state index >= 15 is 0 Å². The number of aryl methyl sites for hydroxylation is 3. The van der Waals surface area contributed by atoms with Crippen LogP contribution in [-0.4, -0.2) is 11.9 Å². The fraction of sp³-hybridized carbons (Fsp3) is 0.333. The van der Waals surface area contributed by atoms with Crippen LogP contribution >= 0.6 is 0 Å². The second-order valence-corrected chi connectivity index (χ2v) is 4.21. The van der Waals surface area contributed by atoms with Gasteiger partial charge < -0.3 is 11.1 Å². The molecule has 1 heterocycles. The predicted octanol–water partition coefficient (Wildman–Crippen LogP) is 1.73. The molecule has 1 aromatic carbocycles. The maximum Gasteiger partial charge on any atom is 0.343 e. The van der Waals surface area contributed by atoms with Crippen LogP contribution in [-0.2, 0) is 0 Å². The van der Waals surface area contributed by atoms with E-state index in [1.807, 2.05) is 13.8 Å². The smallest absolute Gasteiger partial charge is 0.343 e. The number of aliphatic imine (C=N–C) groups is 1. The predicted molar refractivity (Wildman–Crippen MR) is 63.5 cm³/mol. The number of amides is 2. The van der Waals surface area contributed by atoms with E-state index < -0.39 is 0 Å². The highest BCUT2D eigenvalue weighted by molar-refractivity contribution is 6.03. The highest BCUT2D eigenvalue weighted by Crippen LogP contribution is 2.24. The summed E-state index contributed by atoms with van der Waals surface area (Å²) in [5.41, 5.74) is 10.3. The number of nitrogens with two attached hydrogens (primary N) is 1. The standard InChI is InChI=1S/C12H15N3O/c1-6-4-8(3)9(5-7(6)2)10-11(13)15-12(16)14-10/h4-5,10H,1-3H3,(H3,13,14,15,16). The minimum absolute atomic E-state index is 0.271. The van der Waals surface area contributed by atoms with Crippen molar-refractivity contribution in [3.8, 4) is 0 Å². The molecule has 84 valence electrons. The van der Waals surface area contributed by atoms with Gasteiger partial charge in [-0.15, -0.1) is 0 Å². The summed E-state index contributed by atoms with van der Waals surface area (Å²) in [6, 6.07) is 3.53. The molecule has 4 nitrogen and oxygen atoms in total. The monoisotopic (exact) mass is 217 g/mol. The summed E-state index contributed by atoms with van der Waals surface area (Å²) in [5.74, 6) is 0.344. The molecule has 16 heavy (non-hydrogen) atoms. The Balaban J connectivity index is 2.46. The van der Waals surface area contributed by atoms with Crippen molar-refractivity contribution in [2.45, 2.75) is 26.8 Å². The summed E-state index contributed by atoms with van der Waals surface area (Å²) in [7, 11) is 0. The van der Waals surface area contributed by atoms with E-state index in [0.717, 1.165) is 11.1 Å². The number of nitrogens with one attached hydrogen (secondary N) is 1. The number of hydrogen-bond donors (Lipinski definition) is 2. The molecule has 1 aliphatic heterocycles. The molecule has 2 rings (SSSR count). The lowest BCUT2D eigenvalue weighted by Gasteiger charge is -2.16. The van der Waals surface area contributed by atoms with E-state index in [1.165, 1.54) is 11.1 Å². The maximum atomic E-state index is 11.1. The van der Waals surface area contributed by atoms with Crippen LogP contribution in [0.1, 0.15) is 28.3 Å². The first-order valence-electron chi connectivity index (χ1n) is 5.21. The Kier molecular flexibility index (Phi) is 2.42. The van der Waals surface area contributed by atoms with Gasteiger partial charge in [0, 0.05) is 0 Å². The molecule has 0 radical (unpaired) electrons. The third-order valence-electron chi connectivity index (χ3n) is 2.99. The Morgan fingerprint density at radius 2 is 1.81 bits per heavy atom. The van der Waals surface area contributed by atoms with Gasteiger partial charge in [-0.25, -0.2) is 4.79 Å². The number of benzene rings is 1. The molecule has 1 atom stereocenters.